The van der Waals surface area contributed by atoms with E-state index in [0.29, 0.717) is 12.8 Å². The van der Waals surface area contributed by atoms with Crippen molar-refractivity contribution in [2.24, 2.45) is 5.92 Å². The van der Waals surface area contributed by atoms with Crippen molar-refractivity contribution in [2.75, 3.05) is 6.61 Å². The maximum atomic E-state index is 13.4. The molecule has 0 aliphatic carbocycles. The number of hydrogen-bond acceptors (Lipinski definition) is 5. The summed E-state index contributed by atoms with van der Waals surface area (Å²) in [5.74, 6) is -1.20. The first-order valence-corrected chi connectivity index (χ1v) is 12.2. The van der Waals surface area contributed by atoms with E-state index in [9.17, 15) is 14.4 Å². The highest BCUT2D eigenvalue weighted by molar-refractivity contribution is 6.12. The molecule has 2 amide bonds. The molecule has 0 saturated carbocycles. The number of carbonyl (C=O) groups excluding carboxylic acids is 3. The molecule has 35 heavy (non-hydrogen) atoms. The molecule has 182 valence electrons. The van der Waals surface area contributed by atoms with Crippen LogP contribution < -0.4 is 0 Å². The van der Waals surface area contributed by atoms with Gasteiger partial charge in [-0.15, -0.1) is 0 Å². The molecule has 4 rings (SSSR count). The van der Waals surface area contributed by atoms with Gasteiger partial charge in [-0.25, -0.2) is 9.69 Å². The molecule has 1 saturated heterocycles. The highest BCUT2D eigenvalue weighted by Crippen LogP contribution is 2.31. The lowest BCUT2D eigenvalue weighted by Crippen LogP contribution is -2.44. The Morgan fingerprint density at radius 1 is 1.09 bits per heavy atom. The van der Waals surface area contributed by atoms with Crippen LogP contribution in [0, 0.1) is 12.8 Å². The Balaban J connectivity index is 1.57. The third-order valence-electron chi connectivity index (χ3n) is 6.41. The van der Waals surface area contributed by atoms with Crippen LogP contribution in [0.3, 0.4) is 0 Å². The summed E-state index contributed by atoms with van der Waals surface area (Å²) in [5.41, 5.74) is 3.94. The van der Waals surface area contributed by atoms with Gasteiger partial charge in [-0.05, 0) is 43.9 Å². The fourth-order valence-corrected chi connectivity index (χ4v) is 4.43. The minimum Gasteiger partial charge on any atom is -0.457 e. The van der Waals surface area contributed by atoms with Crippen LogP contribution >= 0.6 is 0 Å². The number of unbranched alkanes of at least 4 members (excludes halogenated alkanes) is 1. The number of ketones is 1. The van der Waals surface area contributed by atoms with Gasteiger partial charge in [-0.2, -0.15) is 0 Å². The van der Waals surface area contributed by atoms with Gasteiger partial charge in [0, 0.05) is 12.0 Å². The average Bonchev–Trinajstić information content (AvgIpc) is 3.45. The van der Waals surface area contributed by atoms with Crippen LogP contribution in [-0.2, 0) is 22.4 Å². The van der Waals surface area contributed by atoms with E-state index in [2.05, 4.69) is 13.0 Å². The normalized spacial score (nSPS) is 16.3. The number of Topliss-reactive ketones (excluding diaryl/α,β-unsaturated/α-hetero) is 1. The third-order valence-corrected chi connectivity index (χ3v) is 6.41. The van der Waals surface area contributed by atoms with Crippen molar-refractivity contribution in [3.05, 3.63) is 83.3 Å². The lowest BCUT2D eigenvalue weighted by Gasteiger charge is -2.22. The first-order valence-electron chi connectivity index (χ1n) is 12.2. The van der Waals surface area contributed by atoms with Crippen LogP contribution in [-0.4, -0.2) is 35.3 Å². The molecule has 6 heteroatoms. The van der Waals surface area contributed by atoms with Gasteiger partial charge in [0.2, 0.25) is 11.7 Å². The zero-order valence-corrected chi connectivity index (χ0v) is 20.5. The van der Waals surface area contributed by atoms with E-state index in [4.69, 9.17) is 9.15 Å². The summed E-state index contributed by atoms with van der Waals surface area (Å²) < 4.78 is 11.2. The maximum absolute atomic E-state index is 13.4. The first-order chi connectivity index (χ1) is 16.9. The molecule has 3 aromatic rings. The number of ether oxygens (including phenoxy) is 1. The second-order valence-corrected chi connectivity index (χ2v) is 9.14. The number of amides is 2. The molecule has 2 heterocycles. The van der Waals surface area contributed by atoms with Gasteiger partial charge in [0.1, 0.15) is 18.3 Å². The lowest BCUT2D eigenvalue weighted by atomic mass is 9.98. The molecular weight excluding hydrogens is 442 g/mol. The van der Waals surface area contributed by atoms with Crippen molar-refractivity contribution in [3.8, 4) is 11.1 Å². The van der Waals surface area contributed by atoms with Crippen LogP contribution in [0.15, 0.2) is 65.1 Å². The summed E-state index contributed by atoms with van der Waals surface area (Å²) in [6, 6.07) is 18.9. The number of imide groups is 1. The Morgan fingerprint density at radius 2 is 1.86 bits per heavy atom. The Kier molecular flexibility index (Phi) is 7.49. The summed E-state index contributed by atoms with van der Waals surface area (Å²) in [5, 5.41) is 0. The Hall–Kier alpha value is -3.67. The zero-order chi connectivity index (χ0) is 24.9. The summed E-state index contributed by atoms with van der Waals surface area (Å²) >= 11 is 0. The molecular formula is C29H31NO5. The van der Waals surface area contributed by atoms with Crippen molar-refractivity contribution < 1.29 is 23.5 Å². The molecule has 0 radical (unpaired) electrons. The van der Waals surface area contributed by atoms with E-state index in [1.165, 1.54) is 6.92 Å². The zero-order valence-electron chi connectivity index (χ0n) is 20.5. The van der Waals surface area contributed by atoms with E-state index in [1.54, 1.807) is 6.07 Å². The second kappa shape index (κ2) is 10.7. The standard InChI is InChI=1S/C29H31NO5/c1-4-5-14-25-24(22-13-9-10-19(2)15-22)17-26(35-25)27(31)20(3)28(32)30-23(18-34-29(30)33)16-21-11-7-6-8-12-21/h6-13,15,17,20,23H,4-5,14,16,18H2,1-3H3/t20-,23-/m0/s1. The smallest absolute Gasteiger partial charge is 0.417 e. The summed E-state index contributed by atoms with van der Waals surface area (Å²) in [4.78, 5) is 40.2. The lowest BCUT2D eigenvalue weighted by molar-refractivity contribution is -0.131. The number of benzene rings is 2. The van der Waals surface area contributed by atoms with E-state index >= 15 is 0 Å². The topological polar surface area (TPSA) is 76.8 Å². The van der Waals surface area contributed by atoms with Gasteiger partial charge in [0.15, 0.2) is 5.76 Å². The number of nitrogens with zero attached hydrogens (tertiary/aromatic N) is 1. The first kappa shape index (κ1) is 24.5. The Morgan fingerprint density at radius 3 is 2.57 bits per heavy atom. The van der Waals surface area contributed by atoms with Crippen LogP contribution in [0.2, 0.25) is 0 Å². The minimum atomic E-state index is -1.07. The molecule has 0 unspecified atom stereocenters. The molecule has 1 fully saturated rings. The SMILES string of the molecule is CCCCc1oc(C(=O)[C@H](C)C(=O)N2C(=O)OC[C@@H]2Cc2ccccc2)cc1-c1cccc(C)c1. The van der Waals surface area contributed by atoms with Gasteiger partial charge in [-0.1, -0.05) is 73.5 Å². The molecule has 0 bridgehead atoms. The van der Waals surface area contributed by atoms with Gasteiger partial charge in [0.05, 0.1) is 6.04 Å². The van der Waals surface area contributed by atoms with Crippen molar-refractivity contribution >= 4 is 17.8 Å². The molecule has 0 spiro atoms. The van der Waals surface area contributed by atoms with Crippen molar-refractivity contribution in [1.82, 2.24) is 4.90 Å². The fourth-order valence-electron chi connectivity index (χ4n) is 4.43. The summed E-state index contributed by atoms with van der Waals surface area (Å²) in [7, 11) is 0. The van der Waals surface area contributed by atoms with Gasteiger partial charge in [-0.3, -0.25) is 9.59 Å². The van der Waals surface area contributed by atoms with E-state index in [-0.39, 0.29) is 12.4 Å². The summed E-state index contributed by atoms with van der Waals surface area (Å²) in [6.07, 6.45) is 2.38. The minimum absolute atomic E-state index is 0.111. The summed E-state index contributed by atoms with van der Waals surface area (Å²) in [6.45, 7) is 5.75. The van der Waals surface area contributed by atoms with E-state index in [1.807, 2.05) is 55.5 Å². The van der Waals surface area contributed by atoms with E-state index < -0.39 is 29.7 Å². The Bertz CT molecular complexity index is 1210. The predicted molar refractivity (Wildman–Crippen MR) is 133 cm³/mol. The van der Waals surface area contributed by atoms with E-state index in [0.717, 1.165) is 45.8 Å². The molecule has 2 aromatic carbocycles. The van der Waals surface area contributed by atoms with Crippen LogP contribution in [0.5, 0.6) is 0 Å². The molecule has 2 atom stereocenters. The fraction of sp³-hybridized carbons (Fsp3) is 0.345. The van der Waals surface area contributed by atoms with Gasteiger partial charge >= 0.3 is 6.09 Å². The van der Waals surface area contributed by atoms with Gasteiger partial charge < -0.3 is 9.15 Å². The molecule has 1 aromatic heterocycles. The number of rotatable bonds is 9. The molecule has 6 nitrogen and oxygen atoms in total. The van der Waals surface area contributed by atoms with Gasteiger partial charge in [0.25, 0.3) is 0 Å². The number of aryl methyl sites for hydroxylation is 2. The largest absolute Gasteiger partial charge is 0.457 e. The number of carbonyl (C=O) groups is 3. The Labute approximate surface area is 205 Å². The highest BCUT2D eigenvalue weighted by atomic mass is 16.6. The van der Waals surface area contributed by atoms with Crippen LogP contribution in [0.4, 0.5) is 4.79 Å². The monoisotopic (exact) mass is 473 g/mol. The number of hydrogen-bond donors (Lipinski definition) is 0. The second-order valence-electron chi connectivity index (χ2n) is 9.14. The van der Waals surface area contributed by atoms with Crippen molar-refractivity contribution in [3.63, 3.8) is 0 Å². The molecule has 1 aliphatic heterocycles. The van der Waals surface area contributed by atoms with Crippen molar-refractivity contribution in [1.29, 1.82) is 0 Å². The number of furan rings is 1. The average molecular weight is 474 g/mol. The van der Waals surface area contributed by atoms with Crippen molar-refractivity contribution in [2.45, 2.75) is 52.5 Å². The predicted octanol–water partition coefficient (Wildman–Crippen LogP) is 6.01. The number of cyclic esters (lactones) is 1. The highest BCUT2D eigenvalue weighted by Gasteiger charge is 2.42. The molecule has 1 aliphatic rings. The van der Waals surface area contributed by atoms with Crippen LogP contribution in [0.25, 0.3) is 11.1 Å². The maximum Gasteiger partial charge on any atom is 0.417 e. The quantitative estimate of drug-likeness (QED) is 0.281. The molecule has 0 N–H and O–H groups in total. The van der Waals surface area contributed by atoms with Crippen LogP contribution in [0.1, 0.15) is 54.1 Å². The third kappa shape index (κ3) is 5.37.